The van der Waals surface area contributed by atoms with Gasteiger partial charge in [-0.05, 0) is 67.9 Å². The predicted molar refractivity (Wildman–Crippen MR) is 119 cm³/mol. The second-order valence-corrected chi connectivity index (χ2v) is 9.66. The van der Waals surface area contributed by atoms with Gasteiger partial charge in [0.15, 0.2) is 0 Å². The van der Waals surface area contributed by atoms with Crippen molar-refractivity contribution in [2.75, 3.05) is 38.2 Å². The van der Waals surface area contributed by atoms with Crippen molar-refractivity contribution in [2.24, 2.45) is 17.3 Å². The number of carbonyl (C=O) groups excluding carboxylic acids is 1. The fourth-order valence-electron chi connectivity index (χ4n) is 5.82. The zero-order valence-corrected chi connectivity index (χ0v) is 18.3. The summed E-state index contributed by atoms with van der Waals surface area (Å²) in [6.07, 6.45) is 2.16. The van der Waals surface area contributed by atoms with Crippen LogP contribution in [0.2, 0.25) is 0 Å². The highest BCUT2D eigenvalue weighted by Gasteiger charge is 2.53. The first kappa shape index (κ1) is 20.3. The highest BCUT2D eigenvalue weighted by Crippen LogP contribution is 2.43. The van der Waals surface area contributed by atoms with E-state index in [0.717, 1.165) is 48.8 Å². The van der Waals surface area contributed by atoms with Gasteiger partial charge in [0, 0.05) is 31.9 Å². The van der Waals surface area contributed by atoms with E-state index in [1.165, 1.54) is 0 Å². The molecule has 1 unspecified atom stereocenters. The average Bonchev–Trinajstić information content (AvgIpc) is 3.27. The van der Waals surface area contributed by atoms with Crippen LogP contribution in [0.1, 0.15) is 24.1 Å². The minimum atomic E-state index is -0.449. The first-order valence-electron chi connectivity index (χ1n) is 11.2. The maximum Gasteiger partial charge on any atom is 0.232 e. The van der Waals surface area contributed by atoms with Gasteiger partial charge in [0.2, 0.25) is 5.91 Å². The molecule has 1 saturated carbocycles. The van der Waals surface area contributed by atoms with Crippen LogP contribution in [0, 0.1) is 24.2 Å². The molecule has 1 amide bonds. The van der Waals surface area contributed by atoms with Crippen LogP contribution in [0.5, 0.6) is 5.75 Å². The summed E-state index contributed by atoms with van der Waals surface area (Å²) in [5.74, 6) is 2.91. The minimum absolute atomic E-state index is 0.190. The van der Waals surface area contributed by atoms with Crippen LogP contribution in [0.4, 0.5) is 5.82 Å². The molecular formula is C25H31N3O3. The van der Waals surface area contributed by atoms with E-state index in [9.17, 15) is 9.90 Å². The Bertz CT molecular complexity index is 958. The Morgan fingerprint density at radius 3 is 2.55 bits per heavy atom. The summed E-state index contributed by atoms with van der Waals surface area (Å²) in [4.78, 5) is 22.8. The van der Waals surface area contributed by atoms with Crippen LogP contribution in [-0.2, 0) is 11.2 Å². The Balaban J connectivity index is 1.38. The number of hydrogen-bond donors (Lipinski definition) is 1. The number of ether oxygens (including phenoxy) is 1. The number of methoxy groups -OCH3 is 1. The Morgan fingerprint density at radius 1 is 1.16 bits per heavy atom. The zero-order valence-electron chi connectivity index (χ0n) is 18.3. The van der Waals surface area contributed by atoms with Crippen molar-refractivity contribution in [3.8, 4) is 5.75 Å². The summed E-state index contributed by atoms with van der Waals surface area (Å²) in [7, 11) is 1.67. The van der Waals surface area contributed by atoms with Gasteiger partial charge >= 0.3 is 0 Å². The quantitative estimate of drug-likeness (QED) is 0.804. The number of nitrogens with zero attached hydrogens (tertiary/aromatic N) is 3. The summed E-state index contributed by atoms with van der Waals surface area (Å²) in [6, 6.07) is 14.1. The SMILES string of the molecule is COc1cccc(CC2(C(=O)N3C[C@H]4CC(O)C[C@H]4C3)CN(c3cccc(C)n3)C2)c1. The fourth-order valence-corrected chi connectivity index (χ4v) is 5.82. The minimum Gasteiger partial charge on any atom is -0.497 e. The van der Waals surface area contributed by atoms with Gasteiger partial charge < -0.3 is 19.6 Å². The Kier molecular flexibility index (Phi) is 5.13. The van der Waals surface area contributed by atoms with Gasteiger partial charge in [-0.25, -0.2) is 4.98 Å². The molecule has 3 atom stereocenters. The third-order valence-corrected chi connectivity index (χ3v) is 7.33. The average molecular weight is 422 g/mol. The van der Waals surface area contributed by atoms with Crippen molar-refractivity contribution in [3.63, 3.8) is 0 Å². The lowest BCUT2D eigenvalue weighted by Crippen LogP contribution is -2.65. The monoisotopic (exact) mass is 421 g/mol. The molecule has 6 nitrogen and oxygen atoms in total. The van der Waals surface area contributed by atoms with Crippen LogP contribution < -0.4 is 9.64 Å². The van der Waals surface area contributed by atoms with Crippen molar-refractivity contribution >= 4 is 11.7 Å². The van der Waals surface area contributed by atoms with E-state index in [1.54, 1.807) is 7.11 Å². The molecule has 164 valence electrons. The first-order chi connectivity index (χ1) is 15.0. The number of likely N-dealkylation sites (tertiary alicyclic amines) is 1. The number of aliphatic hydroxyl groups is 1. The van der Waals surface area contributed by atoms with Crippen LogP contribution in [0.25, 0.3) is 0 Å². The van der Waals surface area contributed by atoms with Gasteiger partial charge in [0.05, 0.1) is 18.6 Å². The largest absolute Gasteiger partial charge is 0.497 e. The second-order valence-electron chi connectivity index (χ2n) is 9.66. The number of pyridine rings is 1. The van der Waals surface area contributed by atoms with Crippen molar-refractivity contribution in [1.82, 2.24) is 9.88 Å². The van der Waals surface area contributed by atoms with Crippen LogP contribution in [0.3, 0.4) is 0 Å². The van der Waals surface area contributed by atoms with E-state index in [4.69, 9.17) is 4.74 Å². The van der Waals surface area contributed by atoms with E-state index in [0.29, 0.717) is 31.3 Å². The van der Waals surface area contributed by atoms with Crippen molar-refractivity contribution in [1.29, 1.82) is 0 Å². The summed E-state index contributed by atoms with van der Waals surface area (Å²) in [5.41, 5.74) is 1.66. The first-order valence-corrected chi connectivity index (χ1v) is 11.2. The van der Waals surface area contributed by atoms with Gasteiger partial charge in [-0.3, -0.25) is 4.79 Å². The van der Waals surface area contributed by atoms with Crippen molar-refractivity contribution < 1.29 is 14.6 Å². The van der Waals surface area contributed by atoms with Gasteiger partial charge in [0.1, 0.15) is 11.6 Å². The molecule has 2 aliphatic heterocycles. The molecule has 1 aromatic heterocycles. The van der Waals surface area contributed by atoms with Crippen molar-refractivity contribution in [3.05, 3.63) is 53.7 Å². The highest BCUT2D eigenvalue weighted by atomic mass is 16.5. The van der Waals surface area contributed by atoms with Crippen molar-refractivity contribution in [2.45, 2.75) is 32.3 Å². The molecular weight excluding hydrogens is 390 g/mol. The van der Waals surface area contributed by atoms with Gasteiger partial charge in [0.25, 0.3) is 0 Å². The fraction of sp³-hybridized carbons (Fsp3) is 0.520. The number of amides is 1. The maximum absolute atomic E-state index is 13.8. The van der Waals surface area contributed by atoms with E-state index in [-0.39, 0.29) is 12.0 Å². The number of anilines is 1. The van der Waals surface area contributed by atoms with Crippen LogP contribution in [-0.4, -0.2) is 60.3 Å². The summed E-state index contributed by atoms with van der Waals surface area (Å²) in [6.45, 7) is 4.91. The number of aromatic nitrogens is 1. The van der Waals surface area contributed by atoms with Gasteiger partial charge in [-0.15, -0.1) is 0 Å². The number of rotatable bonds is 5. The molecule has 5 rings (SSSR count). The normalized spacial score (nSPS) is 26.5. The Labute approximate surface area is 183 Å². The molecule has 1 aliphatic carbocycles. The number of aryl methyl sites for hydroxylation is 1. The third kappa shape index (κ3) is 3.78. The lowest BCUT2D eigenvalue weighted by atomic mass is 9.73. The Morgan fingerprint density at radius 2 is 1.87 bits per heavy atom. The van der Waals surface area contributed by atoms with E-state index in [1.807, 2.05) is 43.3 Å². The number of aliphatic hydroxyl groups excluding tert-OH is 1. The predicted octanol–water partition coefficient (Wildman–Crippen LogP) is 2.68. The smallest absolute Gasteiger partial charge is 0.232 e. The van der Waals surface area contributed by atoms with E-state index >= 15 is 0 Å². The molecule has 3 heterocycles. The van der Waals surface area contributed by atoms with Gasteiger partial charge in [-0.1, -0.05) is 18.2 Å². The zero-order chi connectivity index (χ0) is 21.6. The molecule has 2 saturated heterocycles. The standard InChI is InChI=1S/C25H31N3O3/c1-17-5-3-8-23(26-17)28-15-25(16-28,12-18-6-4-7-22(9-18)31-2)24(30)27-13-19-10-21(29)11-20(19)14-27/h3-9,19-21,29H,10-16H2,1-2H3/t19-,20+,21?. The third-order valence-electron chi connectivity index (χ3n) is 7.33. The Hall–Kier alpha value is -2.60. The van der Waals surface area contributed by atoms with E-state index < -0.39 is 5.41 Å². The van der Waals surface area contributed by atoms with Crippen LogP contribution >= 0.6 is 0 Å². The molecule has 2 aromatic rings. The molecule has 0 radical (unpaired) electrons. The maximum atomic E-state index is 13.8. The topological polar surface area (TPSA) is 65.9 Å². The lowest BCUT2D eigenvalue weighted by Gasteiger charge is -2.51. The second kappa shape index (κ2) is 7.83. The number of carbonyl (C=O) groups is 1. The van der Waals surface area contributed by atoms with Crippen LogP contribution in [0.15, 0.2) is 42.5 Å². The molecule has 3 fully saturated rings. The van der Waals surface area contributed by atoms with E-state index in [2.05, 4.69) is 20.9 Å². The molecule has 0 spiro atoms. The summed E-state index contributed by atoms with van der Waals surface area (Å²) in [5, 5.41) is 9.98. The highest BCUT2D eigenvalue weighted by molar-refractivity contribution is 5.87. The molecule has 31 heavy (non-hydrogen) atoms. The molecule has 0 bridgehead atoms. The molecule has 1 aromatic carbocycles. The lowest BCUT2D eigenvalue weighted by molar-refractivity contribution is -0.143. The number of fused-ring (bicyclic) bond motifs is 1. The number of hydrogen-bond acceptors (Lipinski definition) is 5. The van der Waals surface area contributed by atoms with Gasteiger partial charge in [-0.2, -0.15) is 0 Å². The summed E-state index contributed by atoms with van der Waals surface area (Å²) < 4.78 is 5.41. The molecule has 6 heteroatoms. The molecule has 3 aliphatic rings. The summed E-state index contributed by atoms with van der Waals surface area (Å²) >= 11 is 0. The number of benzene rings is 1. The molecule has 1 N–H and O–H groups in total.